The molecule has 0 aliphatic heterocycles. The fourth-order valence-electron chi connectivity index (χ4n) is 1.68. The summed E-state index contributed by atoms with van der Waals surface area (Å²) in [5.74, 6) is -1.77. The maximum atomic E-state index is 11.5. The van der Waals surface area contributed by atoms with E-state index >= 15 is 0 Å². The third kappa shape index (κ3) is 3.76. The highest BCUT2D eigenvalue weighted by atomic mass is 16.4. The van der Waals surface area contributed by atoms with Crippen molar-refractivity contribution in [3.8, 4) is 0 Å². The number of hydrogen-bond donors (Lipinski definition) is 4. The molecule has 7 nitrogen and oxygen atoms in total. The molecular weight excluding hydrogens is 238 g/mol. The van der Waals surface area contributed by atoms with Crippen molar-refractivity contribution >= 4 is 17.9 Å². The van der Waals surface area contributed by atoms with Gasteiger partial charge in [-0.2, -0.15) is 0 Å². The second-order valence-corrected chi connectivity index (χ2v) is 4.13. The Kier molecular flexibility index (Phi) is 4.70. The van der Waals surface area contributed by atoms with Crippen LogP contribution in [0.15, 0.2) is 12.2 Å². The maximum absolute atomic E-state index is 11.5. The molecule has 0 aromatic heterocycles. The number of nitrogens with one attached hydrogen (secondary N) is 3. The molecule has 3 unspecified atom stereocenters. The van der Waals surface area contributed by atoms with E-state index in [2.05, 4.69) is 16.0 Å². The second kappa shape index (κ2) is 6.04. The van der Waals surface area contributed by atoms with E-state index in [-0.39, 0.29) is 11.9 Å². The molecule has 4 N–H and O–H groups in total. The SMILES string of the molecule is CNC(=O)C(C)NC(=O)NC1C=CC(C(=O)O)C1. The fourth-order valence-corrected chi connectivity index (χ4v) is 1.68. The molecule has 0 bridgehead atoms. The lowest BCUT2D eigenvalue weighted by Crippen LogP contribution is -2.49. The molecule has 0 fully saturated rings. The first-order chi connectivity index (χ1) is 8.43. The van der Waals surface area contributed by atoms with E-state index in [9.17, 15) is 14.4 Å². The number of likely N-dealkylation sites (N-methyl/N-ethyl adjacent to an activating group) is 1. The summed E-state index contributed by atoms with van der Waals surface area (Å²) in [5.41, 5.74) is 0. The molecule has 0 spiro atoms. The molecule has 0 heterocycles. The van der Waals surface area contributed by atoms with E-state index in [4.69, 9.17) is 5.11 Å². The third-order valence-electron chi connectivity index (χ3n) is 2.70. The topological polar surface area (TPSA) is 108 Å². The van der Waals surface area contributed by atoms with Gasteiger partial charge in [-0.05, 0) is 13.3 Å². The highest BCUT2D eigenvalue weighted by Crippen LogP contribution is 2.17. The Labute approximate surface area is 105 Å². The summed E-state index contributed by atoms with van der Waals surface area (Å²) in [6.07, 6.45) is 3.52. The molecule has 0 saturated heterocycles. The molecule has 0 aromatic rings. The van der Waals surface area contributed by atoms with Crippen molar-refractivity contribution in [3.05, 3.63) is 12.2 Å². The van der Waals surface area contributed by atoms with E-state index in [1.807, 2.05) is 0 Å². The zero-order chi connectivity index (χ0) is 13.7. The Balaban J connectivity index is 2.36. The Morgan fingerprint density at radius 1 is 1.33 bits per heavy atom. The molecule has 1 aliphatic rings. The smallest absolute Gasteiger partial charge is 0.315 e. The van der Waals surface area contributed by atoms with Gasteiger partial charge in [-0.3, -0.25) is 9.59 Å². The first kappa shape index (κ1) is 14.0. The number of carboxylic acids is 1. The minimum Gasteiger partial charge on any atom is -0.481 e. The Morgan fingerprint density at radius 2 is 2.00 bits per heavy atom. The van der Waals surface area contributed by atoms with Crippen LogP contribution in [-0.2, 0) is 9.59 Å². The monoisotopic (exact) mass is 255 g/mol. The van der Waals surface area contributed by atoms with Gasteiger partial charge >= 0.3 is 12.0 Å². The quantitative estimate of drug-likeness (QED) is 0.505. The van der Waals surface area contributed by atoms with E-state index < -0.39 is 24.0 Å². The van der Waals surface area contributed by atoms with E-state index in [1.54, 1.807) is 19.1 Å². The van der Waals surface area contributed by atoms with Crippen LogP contribution in [0.1, 0.15) is 13.3 Å². The molecule has 18 heavy (non-hydrogen) atoms. The van der Waals surface area contributed by atoms with Crippen LogP contribution >= 0.6 is 0 Å². The van der Waals surface area contributed by atoms with E-state index in [1.165, 1.54) is 7.05 Å². The van der Waals surface area contributed by atoms with Crippen LogP contribution < -0.4 is 16.0 Å². The van der Waals surface area contributed by atoms with Crippen molar-refractivity contribution in [3.63, 3.8) is 0 Å². The van der Waals surface area contributed by atoms with E-state index in [0.29, 0.717) is 6.42 Å². The highest BCUT2D eigenvalue weighted by Gasteiger charge is 2.25. The van der Waals surface area contributed by atoms with Crippen LogP contribution in [0.4, 0.5) is 4.79 Å². The van der Waals surface area contributed by atoms with Gasteiger partial charge in [-0.1, -0.05) is 12.2 Å². The van der Waals surface area contributed by atoms with Crippen molar-refractivity contribution in [1.82, 2.24) is 16.0 Å². The van der Waals surface area contributed by atoms with Crippen LogP contribution in [-0.4, -0.2) is 42.1 Å². The minimum absolute atomic E-state index is 0.296. The third-order valence-corrected chi connectivity index (χ3v) is 2.70. The van der Waals surface area contributed by atoms with Crippen molar-refractivity contribution < 1.29 is 19.5 Å². The number of urea groups is 1. The highest BCUT2D eigenvalue weighted by molar-refractivity contribution is 5.86. The summed E-state index contributed by atoms with van der Waals surface area (Å²) in [4.78, 5) is 33.4. The molecule has 0 radical (unpaired) electrons. The number of rotatable bonds is 4. The molecule has 1 aliphatic carbocycles. The van der Waals surface area contributed by atoms with Crippen LogP contribution in [0.25, 0.3) is 0 Å². The average molecular weight is 255 g/mol. The van der Waals surface area contributed by atoms with Crippen molar-refractivity contribution in [2.45, 2.75) is 25.4 Å². The predicted molar refractivity (Wildman–Crippen MR) is 63.9 cm³/mol. The molecule has 0 aromatic carbocycles. The largest absolute Gasteiger partial charge is 0.481 e. The van der Waals surface area contributed by atoms with Crippen molar-refractivity contribution in [1.29, 1.82) is 0 Å². The minimum atomic E-state index is -0.908. The predicted octanol–water partition coefficient (Wildman–Crippen LogP) is -0.551. The summed E-state index contributed by atoms with van der Waals surface area (Å²) in [7, 11) is 1.48. The number of carboxylic acid groups (broad SMARTS) is 1. The van der Waals surface area contributed by atoms with Crippen LogP contribution in [0.5, 0.6) is 0 Å². The molecular formula is C11H17N3O4. The molecule has 1 rings (SSSR count). The second-order valence-electron chi connectivity index (χ2n) is 4.13. The standard InChI is InChI=1S/C11H17N3O4/c1-6(9(15)12-2)13-11(18)14-8-4-3-7(5-8)10(16)17/h3-4,6-8H,5H2,1-2H3,(H,12,15)(H,16,17)(H2,13,14,18). The van der Waals surface area contributed by atoms with Crippen molar-refractivity contribution in [2.75, 3.05) is 7.05 Å². The van der Waals surface area contributed by atoms with Gasteiger partial charge in [0.05, 0.1) is 12.0 Å². The zero-order valence-electron chi connectivity index (χ0n) is 10.3. The summed E-state index contributed by atoms with van der Waals surface area (Å²) in [6, 6.07) is -1.45. The number of amides is 3. The van der Waals surface area contributed by atoms with Crippen LogP contribution in [0, 0.1) is 5.92 Å². The maximum Gasteiger partial charge on any atom is 0.315 e. The normalized spacial score (nSPS) is 23.2. The molecule has 3 atom stereocenters. The lowest BCUT2D eigenvalue weighted by molar-refractivity contribution is -0.140. The first-order valence-corrected chi connectivity index (χ1v) is 5.63. The van der Waals surface area contributed by atoms with E-state index in [0.717, 1.165) is 0 Å². The molecule has 7 heteroatoms. The number of aliphatic carboxylic acids is 1. The fraction of sp³-hybridized carbons (Fsp3) is 0.545. The summed E-state index contributed by atoms with van der Waals surface area (Å²) in [5, 5.41) is 16.2. The van der Waals surface area contributed by atoms with Crippen LogP contribution in [0.2, 0.25) is 0 Å². The van der Waals surface area contributed by atoms with Gasteiger partial charge in [0.15, 0.2) is 0 Å². The average Bonchev–Trinajstić information content (AvgIpc) is 2.76. The lowest BCUT2D eigenvalue weighted by Gasteiger charge is -2.16. The van der Waals surface area contributed by atoms with Crippen molar-refractivity contribution in [2.24, 2.45) is 5.92 Å². The Hall–Kier alpha value is -2.05. The summed E-state index contributed by atoms with van der Waals surface area (Å²) in [6.45, 7) is 1.56. The van der Waals surface area contributed by atoms with Gasteiger partial charge in [0.2, 0.25) is 5.91 Å². The number of hydrogen-bond acceptors (Lipinski definition) is 3. The zero-order valence-corrected chi connectivity index (χ0v) is 10.3. The summed E-state index contributed by atoms with van der Waals surface area (Å²) >= 11 is 0. The Bertz CT molecular complexity index is 380. The number of carbonyl (C=O) groups is 3. The lowest BCUT2D eigenvalue weighted by atomic mass is 10.1. The van der Waals surface area contributed by atoms with Gasteiger partial charge in [0, 0.05) is 7.05 Å². The first-order valence-electron chi connectivity index (χ1n) is 5.63. The van der Waals surface area contributed by atoms with Gasteiger partial charge in [-0.15, -0.1) is 0 Å². The number of carbonyl (C=O) groups excluding carboxylic acids is 2. The van der Waals surface area contributed by atoms with Gasteiger partial charge in [-0.25, -0.2) is 4.79 Å². The van der Waals surface area contributed by atoms with Gasteiger partial charge in [0.1, 0.15) is 6.04 Å². The van der Waals surface area contributed by atoms with Crippen LogP contribution in [0.3, 0.4) is 0 Å². The van der Waals surface area contributed by atoms with Gasteiger partial charge < -0.3 is 21.1 Å². The summed E-state index contributed by atoms with van der Waals surface area (Å²) < 4.78 is 0. The molecule has 0 saturated carbocycles. The molecule has 100 valence electrons. The Morgan fingerprint density at radius 3 is 2.50 bits per heavy atom. The molecule has 3 amide bonds. The van der Waals surface area contributed by atoms with Gasteiger partial charge in [0.25, 0.3) is 0 Å².